The third-order valence-corrected chi connectivity index (χ3v) is 4.48. The molecule has 3 N–H and O–H groups in total. The molecule has 0 aliphatic heterocycles. The molecule has 0 heterocycles. The van der Waals surface area contributed by atoms with Gasteiger partial charge in [0.2, 0.25) is 5.91 Å². The fraction of sp³-hybridized carbons (Fsp3) is 0.938. The lowest BCUT2D eigenvalue weighted by molar-refractivity contribution is -0.127. The molecular weight excluding hydrogens is 250 g/mol. The van der Waals surface area contributed by atoms with Crippen molar-refractivity contribution in [2.24, 2.45) is 5.73 Å². The summed E-state index contributed by atoms with van der Waals surface area (Å²) in [4.78, 5) is 14.6. The molecule has 0 saturated heterocycles. The van der Waals surface area contributed by atoms with Gasteiger partial charge in [0, 0.05) is 12.1 Å². The Morgan fingerprint density at radius 1 is 1.45 bits per heavy atom. The quantitative estimate of drug-likeness (QED) is 0.718. The van der Waals surface area contributed by atoms with E-state index in [0.29, 0.717) is 6.04 Å². The van der Waals surface area contributed by atoms with Crippen LogP contribution in [0, 0.1) is 0 Å². The summed E-state index contributed by atoms with van der Waals surface area (Å²) in [5.41, 5.74) is 5.23. The summed E-state index contributed by atoms with van der Waals surface area (Å²) < 4.78 is 0. The summed E-state index contributed by atoms with van der Waals surface area (Å²) >= 11 is 0. The van der Waals surface area contributed by atoms with Gasteiger partial charge in [-0.2, -0.15) is 0 Å². The van der Waals surface area contributed by atoms with Crippen LogP contribution in [-0.2, 0) is 4.79 Å². The summed E-state index contributed by atoms with van der Waals surface area (Å²) in [6.45, 7) is 10.8. The SMILES string of the molecule is CCCCN(CC)C1CCCC(NC(C)C)(C(N)=O)C1. The molecule has 1 rings (SSSR count). The van der Waals surface area contributed by atoms with Gasteiger partial charge in [0.1, 0.15) is 0 Å². The summed E-state index contributed by atoms with van der Waals surface area (Å²) in [5.74, 6) is -0.178. The van der Waals surface area contributed by atoms with Crippen LogP contribution in [0.3, 0.4) is 0 Å². The van der Waals surface area contributed by atoms with Gasteiger partial charge in [0.05, 0.1) is 5.54 Å². The standard InChI is InChI=1S/C16H33N3O/c1-5-7-11-19(6-2)14-9-8-10-16(12-14,15(17)20)18-13(3)4/h13-14,18H,5-12H2,1-4H3,(H2,17,20). The molecule has 1 aliphatic carbocycles. The van der Waals surface area contributed by atoms with Crippen LogP contribution in [0.15, 0.2) is 0 Å². The maximum atomic E-state index is 12.0. The first-order valence-corrected chi connectivity index (χ1v) is 8.26. The van der Waals surface area contributed by atoms with Crippen LogP contribution in [0.25, 0.3) is 0 Å². The predicted octanol–water partition coefficient (Wildman–Crippen LogP) is 2.27. The fourth-order valence-corrected chi connectivity index (χ4v) is 3.50. The van der Waals surface area contributed by atoms with Gasteiger partial charge in [-0.05, 0) is 59.0 Å². The smallest absolute Gasteiger partial charge is 0.237 e. The number of nitrogens with one attached hydrogen (secondary N) is 1. The van der Waals surface area contributed by atoms with E-state index in [0.717, 1.165) is 32.4 Å². The van der Waals surface area contributed by atoms with E-state index in [1.165, 1.54) is 19.3 Å². The van der Waals surface area contributed by atoms with Crippen molar-refractivity contribution in [2.75, 3.05) is 13.1 Å². The van der Waals surface area contributed by atoms with E-state index in [4.69, 9.17) is 5.73 Å². The molecule has 0 radical (unpaired) electrons. The molecule has 0 aromatic rings. The fourth-order valence-electron chi connectivity index (χ4n) is 3.50. The minimum Gasteiger partial charge on any atom is -0.368 e. The molecule has 0 bridgehead atoms. The average Bonchev–Trinajstić information content (AvgIpc) is 2.39. The number of rotatable bonds is 8. The van der Waals surface area contributed by atoms with Crippen molar-refractivity contribution >= 4 is 5.91 Å². The summed E-state index contributed by atoms with van der Waals surface area (Å²) in [6.07, 6.45) is 6.45. The van der Waals surface area contributed by atoms with Gasteiger partial charge in [-0.25, -0.2) is 0 Å². The molecule has 20 heavy (non-hydrogen) atoms. The minimum atomic E-state index is -0.503. The van der Waals surface area contributed by atoms with Gasteiger partial charge in [0.25, 0.3) is 0 Å². The van der Waals surface area contributed by atoms with Crippen LogP contribution in [-0.4, -0.2) is 41.5 Å². The van der Waals surface area contributed by atoms with Crippen molar-refractivity contribution in [2.45, 2.75) is 83.8 Å². The molecule has 1 aliphatic rings. The Morgan fingerprint density at radius 2 is 2.15 bits per heavy atom. The third-order valence-electron chi connectivity index (χ3n) is 4.48. The highest BCUT2D eigenvalue weighted by atomic mass is 16.1. The third kappa shape index (κ3) is 4.45. The molecule has 2 unspecified atom stereocenters. The van der Waals surface area contributed by atoms with Crippen molar-refractivity contribution in [1.29, 1.82) is 0 Å². The number of unbranched alkanes of at least 4 members (excludes halogenated alkanes) is 1. The number of carbonyl (C=O) groups excluding carboxylic acids is 1. The second-order valence-electron chi connectivity index (χ2n) is 6.48. The van der Waals surface area contributed by atoms with E-state index < -0.39 is 5.54 Å². The number of primary amides is 1. The number of carbonyl (C=O) groups is 1. The van der Waals surface area contributed by atoms with Crippen LogP contribution >= 0.6 is 0 Å². The van der Waals surface area contributed by atoms with Gasteiger partial charge in [-0.15, -0.1) is 0 Å². The first kappa shape index (κ1) is 17.4. The van der Waals surface area contributed by atoms with Crippen molar-refractivity contribution in [3.8, 4) is 0 Å². The predicted molar refractivity (Wildman–Crippen MR) is 84.6 cm³/mol. The molecule has 1 fully saturated rings. The normalized spacial score (nSPS) is 27.2. The van der Waals surface area contributed by atoms with E-state index in [1.807, 2.05) is 0 Å². The molecule has 0 spiro atoms. The molecule has 4 nitrogen and oxygen atoms in total. The maximum absolute atomic E-state index is 12.0. The molecule has 0 aromatic heterocycles. The maximum Gasteiger partial charge on any atom is 0.237 e. The van der Waals surface area contributed by atoms with E-state index in [-0.39, 0.29) is 11.9 Å². The monoisotopic (exact) mass is 283 g/mol. The van der Waals surface area contributed by atoms with E-state index in [9.17, 15) is 4.79 Å². The van der Waals surface area contributed by atoms with Crippen LogP contribution in [0.1, 0.15) is 66.2 Å². The number of amides is 1. The highest BCUT2D eigenvalue weighted by Crippen LogP contribution is 2.32. The molecule has 118 valence electrons. The van der Waals surface area contributed by atoms with E-state index >= 15 is 0 Å². The van der Waals surface area contributed by atoms with Crippen molar-refractivity contribution in [1.82, 2.24) is 10.2 Å². The number of nitrogens with zero attached hydrogens (tertiary/aromatic N) is 1. The second-order valence-corrected chi connectivity index (χ2v) is 6.48. The molecule has 0 aromatic carbocycles. The molecular formula is C16H33N3O. The first-order valence-electron chi connectivity index (χ1n) is 8.26. The Kier molecular flexibility index (Phi) is 6.96. The number of hydrogen-bond donors (Lipinski definition) is 2. The lowest BCUT2D eigenvalue weighted by Crippen LogP contribution is -2.62. The molecule has 1 amide bonds. The van der Waals surface area contributed by atoms with Crippen LogP contribution in [0.2, 0.25) is 0 Å². The zero-order chi connectivity index (χ0) is 15.2. The van der Waals surface area contributed by atoms with E-state index in [2.05, 4.69) is 37.9 Å². The van der Waals surface area contributed by atoms with Crippen LogP contribution in [0.5, 0.6) is 0 Å². The Hall–Kier alpha value is -0.610. The van der Waals surface area contributed by atoms with Gasteiger partial charge in [0.15, 0.2) is 0 Å². The zero-order valence-corrected chi connectivity index (χ0v) is 13.7. The Balaban J connectivity index is 2.77. The largest absolute Gasteiger partial charge is 0.368 e. The van der Waals surface area contributed by atoms with E-state index in [1.54, 1.807) is 0 Å². The summed E-state index contributed by atoms with van der Waals surface area (Å²) in [7, 11) is 0. The van der Waals surface area contributed by atoms with Gasteiger partial charge in [-0.3, -0.25) is 4.79 Å². The average molecular weight is 283 g/mol. The van der Waals surface area contributed by atoms with Gasteiger partial charge >= 0.3 is 0 Å². The lowest BCUT2D eigenvalue weighted by Gasteiger charge is -2.44. The van der Waals surface area contributed by atoms with Crippen LogP contribution < -0.4 is 11.1 Å². The topological polar surface area (TPSA) is 58.4 Å². The highest BCUT2D eigenvalue weighted by molar-refractivity contribution is 5.85. The first-order chi connectivity index (χ1) is 9.45. The molecule has 2 atom stereocenters. The Bertz CT molecular complexity index is 306. The summed E-state index contributed by atoms with van der Waals surface area (Å²) in [5, 5.41) is 3.46. The summed E-state index contributed by atoms with van der Waals surface area (Å²) in [6, 6.07) is 0.769. The van der Waals surface area contributed by atoms with Crippen LogP contribution in [0.4, 0.5) is 0 Å². The Labute approximate surface area is 124 Å². The highest BCUT2D eigenvalue weighted by Gasteiger charge is 2.42. The number of hydrogen-bond acceptors (Lipinski definition) is 3. The minimum absolute atomic E-state index is 0.178. The van der Waals surface area contributed by atoms with Crippen molar-refractivity contribution in [3.05, 3.63) is 0 Å². The lowest BCUT2D eigenvalue weighted by atomic mass is 9.77. The van der Waals surface area contributed by atoms with Gasteiger partial charge in [-0.1, -0.05) is 20.3 Å². The van der Waals surface area contributed by atoms with Crippen molar-refractivity contribution < 1.29 is 4.79 Å². The molecule has 4 heteroatoms. The van der Waals surface area contributed by atoms with Gasteiger partial charge < -0.3 is 16.0 Å². The van der Waals surface area contributed by atoms with Crippen molar-refractivity contribution in [3.63, 3.8) is 0 Å². The number of nitrogens with two attached hydrogens (primary N) is 1. The molecule has 1 saturated carbocycles. The Morgan fingerprint density at radius 3 is 2.65 bits per heavy atom. The second kappa shape index (κ2) is 7.99. The zero-order valence-electron chi connectivity index (χ0n) is 13.7.